The molecule has 0 saturated heterocycles. The van der Waals surface area contributed by atoms with Crippen LogP contribution in [-0.4, -0.2) is 27.1 Å². The van der Waals surface area contributed by atoms with Crippen LogP contribution < -0.4 is 0 Å². The smallest absolute Gasteiger partial charge is 0.350 e. The Kier molecular flexibility index (Phi) is 5.38. The first kappa shape index (κ1) is 19.9. The Morgan fingerprint density at radius 1 is 1.33 bits per heavy atom. The fourth-order valence-electron chi connectivity index (χ4n) is 3.37. The second kappa shape index (κ2) is 8.13. The Balaban J connectivity index is 1.67. The quantitative estimate of drug-likeness (QED) is 0.421. The molecule has 30 heavy (non-hydrogen) atoms. The van der Waals surface area contributed by atoms with Crippen LogP contribution in [-0.2, 0) is 17.7 Å². The molecule has 0 aliphatic rings. The van der Waals surface area contributed by atoms with E-state index in [0.29, 0.717) is 41.6 Å². The van der Waals surface area contributed by atoms with E-state index in [4.69, 9.17) is 9.15 Å². The van der Waals surface area contributed by atoms with Crippen LogP contribution in [0.1, 0.15) is 39.4 Å². The highest BCUT2D eigenvalue weighted by atomic mass is 32.1. The number of nitriles is 1. The van der Waals surface area contributed by atoms with Crippen molar-refractivity contribution in [2.45, 2.75) is 33.7 Å². The van der Waals surface area contributed by atoms with Crippen molar-refractivity contribution in [2.75, 3.05) is 6.61 Å². The van der Waals surface area contributed by atoms with Gasteiger partial charge in [0.25, 0.3) is 0 Å². The Labute approximate surface area is 177 Å². The van der Waals surface area contributed by atoms with Crippen molar-refractivity contribution in [1.82, 2.24) is 14.5 Å². The molecule has 0 aliphatic carbocycles. The molecule has 1 aromatic carbocycles. The average Bonchev–Trinajstić information content (AvgIpc) is 3.42. The van der Waals surface area contributed by atoms with Gasteiger partial charge in [0.1, 0.15) is 22.2 Å². The highest BCUT2D eigenvalue weighted by molar-refractivity contribution is 7.17. The molecule has 0 aliphatic heterocycles. The first-order chi connectivity index (χ1) is 14.5. The van der Waals surface area contributed by atoms with Gasteiger partial charge in [-0.15, -0.1) is 11.3 Å². The fourth-order valence-corrected chi connectivity index (χ4v) is 4.32. The van der Waals surface area contributed by atoms with Crippen LogP contribution in [0.15, 0.2) is 35.1 Å². The lowest BCUT2D eigenvalue weighted by atomic mass is 10.1. The summed E-state index contributed by atoms with van der Waals surface area (Å²) in [5.41, 5.74) is 3.97. The summed E-state index contributed by atoms with van der Waals surface area (Å²) in [5, 5.41) is 11.2. The molecule has 0 N–H and O–H groups in total. The Bertz CT molecular complexity index is 1280. The van der Waals surface area contributed by atoms with Gasteiger partial charge in [-0.05, 0) is 32.0 Å². The maximum absolute atomic E-state index is 12.1. The average molecular weight is 420 g/mol. The summed E-state index contributed by atoms with van der Waals surface area (Å²) in [6, 6.07) is 8.19. The van der Waals surface area contributed by atoms with Gasteiger partial charge < -0.3 is 13.7 Å². The SMILES string of the molecule is CCOC(=O)c1sc(-c2ccc3c(c2)c(C#N)cn3CCc2coc(C)n2)nc1C. The number of carbonyl (C=O) groups is 1. The third-order valence-corrected chi connectivity index (χ3v) is 5.97. The highest BCUT2D eigenvalue weighted by Crippen LogP contribution is 2.32. The van der Waals surface area contributed by atoms with E-state index in [1.165, 1.54) is 11.3 Å². The molecule has 0 unspecified atom stereocenters. The summed E-state index contributed by atoms with van der Waals surface area (Å²) in [4.78, 5) is 21.5. The van der Waals surface area contributed by atoms with E-state index < -0.39 is 0 Å². The minimum absolute atomic E-state index is 0.324. The van der Waals surface area contributed by atoms with E-state index in [9.17, 15) is 10.1 Å². The first-order valence-electron chi connectivity index (χ1n) is 9.59. The molecule has 4 rings (SSSR count). The van der Waals surface area contributed by atoms with Crippen molar-refractivity contribution >= 4 is 28.2 Å². The molecule has 152 valence electrons. The number of carbonyl (C=O) groups excluding carboxylic acids is 1. The number of aromatic nitrogens is 3. The van der Waals surface area contributed by atoms with E-state index in [0.717, 1.165) is 27.2 Å². The predicted molar refractivity (Wildman–Crippen MR) is 113 cm³/mol. The van der Waals surface area contributed by atoms with E-state index in [-0.39, 0.29) is 5.97 Å². The fraction of sp³-hybridized carbons (Fsp3) is 0.273. The number of fused-ring (bicyclic) bond motifs is 1. The van der Waals surface area contributed by atoms with Crippen molar-refractivity contribution < 1.29 is 13.9 Å². The molecule has 0 saturated carbocycles. The Morgan fingerprint density at radius 3 is 2.87 bits per heavy atom. The summed E-state index contributed by atoms with van der Waals surface area (Å²) < 4.78 is 12.4. The number of rotatable bonds is 6. The van der Waals surface area contributed by atoms with Gasteiger partial charge in [0, 0.05) is 42.6 Å². The van der Waals surface area contributed by atoms with Crippen molar-refractivity contribution in [3.63, 3.8) is 0 Å². The second-order valence-corrected chi connectivity index (χ2v) is 7.84. The minimum atomic E-state index is -0.355. The second-order valence-electron chi connectivity index (χ2n) is 6.84. The van der Waals surface area contributed by atoms with Gasteiger partial charge in [-0.1, -0.05) is 0 Å². The molecular formula is C22H20N4O3S. The molecule has 0 atom stereocenters. The molecule has 0 radical (unpaired) electrons. The zero-order chi connectivity index (χ0) is 21.3. The van der Waals surface area contributed by atoms with Crippen LogP contribution in [0.4, 0.5) is 0 Å². The lowest BCUT2D eigenvalue weighted by Crippen LogP contribution is -2.03. The number of oxazole rings is 1. The predicted octanol–water partition coefficient (Wildman–Crippen LogP) is 4.66. The summed E-state index contributed by atoms with van der Waals surface area (Å²) in [7, 11) is 0. The molecule has 7 nitrogen and oxygen atoms in total. The number of ether oxygens (including phenoxy) is 1. The van der Waals surface area contributed by atoms with Gasteiger partial charge in [0.2, 0.25) is 0 Å². The number of thiazole rings is 1. The van der Waals surface area contributed by atoms with Crippen LogP contribution in [0.2, 0.25) is 0 Å². The Hall–Kier alpha value is -3.44. The van der Waals surface area contributed by atoms with Gasteiger partial charge in [-0.3, -0.25) is 0 Å². The van der Waals surface area contributed by atoms with Crippen LogP contribution in [0, 0.1) is 25.2 Å². The van der Waals surface area contributed by atoms with E-state index in [1.54, 1.807) is 20.1 Å². The van der Waals surface area contributed by atoms with E-state index in [1.807, 2.05) is 31.3 Å². The molecule has 0 spiro atoms. The summed E-state index contributed by atoms with van der Waals surface area (Å²) in [6.45, 7) is 6.41. The molecule has 3 heterocycles. The van der Waals surface area contributed by atoms with Gasteiger partial charge in [0.05, 0.1) is 23.6 Å². The van der Waals surface area contributed by atoms with Gasteiger partial charge in [-0.2, -0.15) is 5.26 Å². The minimum Gasteiger partial charge on any atom is -0.462 e. The lowest BCUT2D eigenvalue weighted by Gasteiger charge is -2.04. The standard InChI is InChI=1S/C22H20N4O3S/c1-4-28-22(27)20-13(2)24-21(30-20)15-5-6-19-18(9-15)16(10-23)11-26(19)8-7-17-12-29-14(3)25-17/h5-6,9,11-12H,4,7-8H2,1-3H3. The molecular weight excluding hydrogens is 400 g/mol. The van der Waals surface area contributed by atoms with E-state index >= 15 is 0 Å². The van der Waals surface area contributed by atoms with Crippen molar-refractivity contribution in [1.29, 1.82) is 5.26 Å². The van der Waals surface area contributed by atoms with E-state index in [2.05, 4.69) is 20.6 Å². The number of hydrogen-bond acceptors (Lipinski definition) is 7. The van der Waals surface area contributed by atoms with Gasteiger partial charge in [0.15, 0.2) is 5.89 Å². The maximum atomic E-state index is 12.1. The monoisotopic (exact) mass is 420 g/mol. The Morgan fingerprint density at radius 2 is 2.17 bits per heavy atom. The van der Waals surface area contributed by atoms with Crippen LogP contribution in [0.5, 0.6) is 0 Å². The first-order valence-corrected chi connectivity index (χ1v) is 10.4. The summed E-state index contributed by atoms with van der Waals surface area (Å²) >= 11 is 1.31. The number of esters is 1. The lowest BCUT2D eigenvalue weighted by molar-refractivity contribution is 0.0531. The molecule has 3 aromatic heterocycles. The number of aryl methyl sites for hydroxylation is 4. The van der Waals surface area contributed by atoms with Crippen LogP contribution >= 0.6 is 11.3 Å². The molecule has 4 aromatic rings. The van der Waals surface area contributed by atoms with Gasteiger partial charge in [-0.25, -0.2) is 14.8 Å². The molecule has 8 heteroatoms. The zero-order valence-electron chi connectivity index (χ0n) is 16.9. The number of hydrogen-bond donors (Lipinski definition) is 0. The van der Waals surface area contributed by atoms with Crippen molar-refractivity contribution in [3.05, 3.63) is 58.4 Å². The summed E-state index contributed by atoms with van der Waals surface area (Å²) in [5.74, 6) is 0.289. The third kappa shape index (κ3) is 3.72. The maximum Gasteiger partial charge on any atom is 0.350 e. The van der Waals surface area contributed by atoms with Crippen LogP contribution in [0.3, 0.4) is 0 Å². The number of benzene rings is 1. The van der Waals surface area contributed by atoms with Gasteiger partial charge >= 0.3 is 5.97 Å². The normalized spacial score (nSPS) is 11.0. The third-order valence-electron chi connectivity index (χ3n) is 4.78. The molecule has 0 bridgehead atoms. The summed E-state index contributed by atoms with van der Waals surface area (Å²) in [6.07, 6.45) is 4.23. The van der Waals surface area contributed by atoms with Crippen molar-refractivity contribution in [2.24, 2.45) is 0 Å². The highest BCUT2D eigenvalue weighted by Gasteiger charge is 2.18. The zero-order valence-corrected chi connectivity index (χ0v) is 17.7. The molecule has 0 amide bonds. The largest absolute Gasteiger partial charge is 0.462 e. The van der Waals surface area contributed by atoms with Crippen LogP contribution in [0.25, 0.3) is 21.5 Å². The molecule has 0 fully saturated rings. The van der Waals surface area contributed by atoms with Crippen molar-refractivity contribution in [3.8, 4) is 16.6 Å². The topological polar surface area (TPSA) is 93.9 Å². The number of nitrogens with zero attached hydrogens (tertiary/aromatic N) is 4.